The molecule has 2 aliphatic rings. The molecule has 0 aromatic rings. The Morgan fingerprint density at radius 3 is 2.55 bits per heavy atom. The molecule has 2 rings (SSSR count). The fourth-order valence-corrected chi connectivity index (χ4v) is 3.38. The van der Waals surface area contributed by atoms with E-state index in [4.69, 9.17) is 0 Å². The van der Waals surface area contributed by atoms with Gasteiger partial charge in [-0.05, 0) is 36.5 Å². The molecular weight excluding hydrogens is 132 g/mol. The molecule has 3 atom stereocenters. The van der Waals surface area contributed by atoms with Crippen molar-refractivity contribution in [1.82, 2.24) is 0 Å². The van der Waals surface area contributed by atoms with Gasteiger partial charge in [0.25, 0.3) is 0 Å². The van der Waals surface area contributed by atoms with Crippen molar-refractivity contribution in [1.29, 1.82) is 0 Å². The third kappa shape index (κ3) is 1.02. The molecule has 0 heterocycles. The summed E-state index contributed by atoms with van der Waals surface area (Å²) in [5, 5.41) is 0. The van der Waals surface area contributed by atoms with Crippen molar-refractivity contribution in [3.8, 4) is 0 Å². The minimum atomic E-state index is 0.854. The summed E-state index contributed by atoms with van der Waals surface area (Å²) < 4.78 is 0. The van der Waals surface area contributed by atoms with Gasteiger partial charge < -0.3 is 0 Å². The van der Waals surface area contributed by atoms with Crippen LogP contribution in [-0.2, 0) is 0 Å². The average Bonchev–Trinajstić information content (AvgIpc) is 2.63. The van der Waals surface area contributed by atoms with E-state index in [2.05, 4.69) is 13.8 Å². The highest BCUT2D eigenvalue weighted by atomic mass is 14.6. The molecule has 0 heteroatoms. The van der Waals surface area contributed by atoms with E-state index in [-0.39, 0.29) is 0 Å². The summed E-state index contributed by atoms with van der Waals surface area (Å²) in [4.78, 5) is 0. The maximum Gasteiger partial charge on any atom is -0.0241 e. The second kappa shape index (κ2) is 2.50. The Bertz CT molecular complexity index is 150. The van der Waals surface area contributed by atoms with Gasteiger partial charge in [-0.2, -0.15) is 0 Å². The molecule has 0 saturated heterocycles. The summed E-state index contributed by atoms with van der Waals surface area (Å²) in [6.45, 7) is 4.83. The van der Waals surface area contributed by atoms with Crippen LogP contribution in [0.5, 0.6) is 0 Å². The van der Waals surface area contributed by atoms with Crippen LogP contribution in [0.3, 0.4) is 0 Å². The van der Waals surface area contributed by atoms with Crippen LogP contribution in [-0.4, -0.2) is 0 Å². The van der Waals surface area contributed by atoms with Gasteiger partial charge in [-0.1, -0.05) is 33.1 Å². The van der Waals surface area contributed by atoms with Crippen LogP contribution in [0.25, 0.3) is 0 Å². The number of hydrogen-bond acceptors (Lipinski definition) is 0. The molecule has 3 unspecified atom stereocenters. The molecule has 11 heavy (non-hydrogen) atoms. The van der Waals surface area contributed by atoms with Crippen LogP contribution in [0.2, 0.25) is 0 Å². The first-order chi connectivity index (χ1) is 5.29. The molecule has 2 fully saturated rings. The number of hydrogen-bond donors (Lipinski definition) is 0. The minimum absolute atomic E-state index is 0.854. The van der Waals surface area contributed by atoms with E-state index in [9.17, 15) is 0 Å². The van der Waals surface area contributed by atoms with Gasteiger partial charge in [0.05, 0.1) is 0 Å². The van der Waals surface area contributed by atoms with E-state index < -0.39 is 0 Å². The van der Waals surface area contributed by atoms with Crippen molar-refractivity contribution in [2.45, 2.75) is 52.4 Å². The van der Waals surface area contributed by atoms with Crippen molar-refractivity contribution in [3.63, 3.8) is 0 Å². The van der Waals surface area contributed by atoms with E-state index in [1.165, 1.54) is 25.7 Å². The van der Waals surface area contributed by atoms with Crippen molar-refractivity contribution in [2.24, 2.45) is 17.3 Å². The highest BCUT2D eigenvalue weighted by molar-refractivity contribution is 5.05. The third-order valence-corrected chi connectivity index (χ3v) is 4.26. The average molecular weight is 152 g/mol. The first-order valence-corrected chi connectivity index (χ1v) is 5.29. The molecule has 0 radical (unpaired) electrons. The molecule has 0 N–H and O–H groups in total. The van der Waals surface area contributed by atoms with Crippen molar-refractivity contribution >= 4 is 0 Å². The lowest BCUT2D eigenvalue weighted by Gasteiger charge is -2.31. The van der Waals surface area contributed by atoms with Crippen LogP contribution < -0.4 is 0 Å². The predicted octanol–water partition coefficient (Wildman–Crippen LogP) is 3.61. The van der Waals surface area contributed by atoms with Gasteiger partial charge in [-0.15, -0.1) is 0 Å². The van der Waals surface area contributed by atoms with Crippen molar-refractivity contribution < 1.29 is 0 Å². The summed E-state index contributed by atoms with van der Waals surface area (Å²) in [6, 6.07) is 0. The quantitative estimate of drug-likeness (QED) is 0.538. The van der Waals surface area contributed by atoms with E-state index in [0.29, 0.717) is 0 Å². The predicted molar refractivity (Wildman–Crippen MR) is 48.5 cm³/mol. The lowest BCUT2D eigenvalue weighted by atomic mass is 9.74. The Morgan fingerprint density at radius 1 is 1.36 bits per heavy atom. The van der Waals surface area contributed by atoms with Crippen LogP contribution in [0.1, 0.15) is 52.4 Å². The SMILES string of the molecule is CCC1CCCCC12CC2C. The minimum Gasteiger partial charge on any atom is -0.0651 e. The van der Waals surface area contributed by atoms with Crippen molar-refractivity contribution in [2.75, 3.05) is 0 Å². The van der Waals surface area contributed by atoms with Gasteiger partial charge in [0.1, 0.15) is 0 Å². The molecule has 0 aromatic carbocycles. The topological polar surface area (TPSA) is 0 Å². The molecule has 1 spiro atoms. The molecule has 64 valence electrons. The van der Waals surface area contributed by atoms with E-state index in [1.807, 2.05) is 0 Å². The van der Waals surface area contributed by atoms with Crippen LogP contribution in [0.15, 0.2) is 0 Å². The maximum atomic E-state index is 2.45. The lowest BCUT2D eigenvalue weighted by molar-refractivity contribution is 0.190. The summed E-state index contributed by atoms with van der Waals surface area (Å²) in [5.41, 5.74) is 0.854. The first-order valence-electron chi connectivity index (χ1n) is 5.29. The molecule has 0 nitrogen and oxygen atoms in total. The van der Waals surface area contributed by atoms with Gasteiger partial charge in [0, 0.05) is 0 Å². The standard InChI is InChI=1S/C11H20/c1-3-10-6-4-5-7-11(10)8-9(11)2/h9-10H,3-8H2,1-2H3. The Hall–Kier alpha value is 0. The maximum absolute atomic E-state index is 2.45. The lowest BCUT2D eigenvalue weighted by Crippen LogP contribution is -2.21. The number of rotatable bonds is 1. The second-order valence-corrected chi connectivity index (χ2v) is 4.69. The summed E-state index contributed by atoms with van der Waals surface area (Å²) in [5.74, 6) is 2.15. The van der Waals surface area contributed by atoms with Gasteiger partial charge in [-0.25, -0.2) is 0 Å². The molecule has 0 aromatic heterocycles. The van der Waals surface area contributed by atoms with Gasteiger partial charge >= 0.3 is 0 Å². The zero-order valence-electron chi connectivity index (χ0n) is 7.90. The third-order valence-electron chi connectivity index (χ3n) is 4.26. The fraction of sp³-hybridized carbons (Fsp3) is 1.00. The summed E-state index contributed by atoms with van der Waals surface area (Å²) in [7, 11) is 0. The molecule has 2 aliphatic carbocycles. The molecule has 0 aliphatic heterocycles. The highest BCUT2D eigenvalue weighted by Crippen LogP contribution is 2.64. The molecule has 2 saturated carbocycles. The zero-order valence-corrected chi connectivity index (χ0v) is 7.90. The Balaban J connectivity index is 2.05. The summed E-state index contributed by atoms with van der Waals surface area (Å²) >= 11 is 0. The molecule has 0 amide bonds. The summed E-state index contributed by atoms with van der Waals surface area (Å²) in [6.07, 6.45) is 9.08. The van der Waals surface area contributed by atoms with Gasteiger partial charge in [0.15, 0.2) is 0 Å². The molecule has 0 bridgehead atoms. The van der Waals surface area contributed by atoms with E-state index in [0.717, 1.165) is 17.3 Å². The second-order valence-electron chi connectivity index (χ2n) is 4.69. The highest BCUT2D eigenvalue weighted by Gasteiger charge is 2.55. The Labute approximate surface area is 70.4 Å². The van der Waals surface area contributed by atoms with Crippen LogP contribution in [0, 0.1) is 17.3 Å². The first kappa shape index (κ1) is 7.64. The zero-order chi connectivity index (χ0) is 7.90. The Morgan fingerprint density at radius 2 is 2.09 bits per heavy atom. The van der Waals surface area contributed by atoms with E-state index >= 15 is 0 Å². The molecular formula is C11H20. The van der Waals surface area contributed by atoms with Crippen LogP contribution in [0.4, 0.5) is 0 Å². The van der Waals surface area contributed by atoms with Gasteiger partial charge in [-0.3, -0.25) is 0 Å². The monoisotopic (exact) mass is 152 g/mol. The van der Waals surface area contributed by atoms with Crippen LogP contribution >= 0.6 is 0 Å². The fourth-order valence-electron chi connectivity index (χ4n) is 3.38. The Kier molecular flexibility index (Phi) is 1.74. The normalized spacial score (nSPS) is 49.6. The largest absolute Gasteiger partial charge is 0.0651 e. The van der Waals surface area contributed by atoms with Gasteiger partial charge in [0.2, 0.25) is 0 Å². The smallest absolute Gasteiger partial charge is 0.0241 e. The van der Waals surface area contributed by atoms with E-state index in [1.54, 1.807) is 12.8 Å². The van der Waals surface area contributed by atoms with Crippen molar-refractivity contribution in [3.05, 3.63) is 0 Å².